The van der Waals surface area contributed by atoms with Gasteiger partial charge in [0, 0.05) is 18.8 Å². The number of nitrogens with zero attached hydrogens (tertiary/aromatic N) is 1. The smallest absolute Gasteiger partial charge is 0.227 e. The maximum absolute atomic E-state index is 11.7. The van der Waals surface area contributed by atoms with Gasteiger partial charge < -0.3 is 10.6 Å². The molecule has 2 fully saturated rings. The van der Waals surface area contributed by atoms with Crippen LogP contribution in [0.5, 0.6) is 0 Å². The summed E-state index contributed by atoms with van der Waals surface area (Å²) in [6.07, 6.45) is 3.95. The molecule has 1 saturated carbocycles. The molecule has 1 amide bonds. The predicted molar refractivity (Wildman–Crippen MR) is 76.9 cm³/mol. The highest BCUT2D eigenvalue weighted by Crippen LogP contribution is 2.33. The van der Waals surface area contributed by atoms with Crippen molar-refractivity contribution in [1.82, 2.24) is 10.6 Å². The summed E-state index contributed by atoms with van der Waals surface area (Å²) in [6.45, 7) is 4.41. The standard InChI is InChI=1S/C13H23N3OS/c1-13(2,11(17)14-3)8-15-12-16-10-6-4-5-9(10)7-18-12/h9-10H,4-8H2,1-3H3,(H,14,17)(H,15,16). The first-order chi connectivity index (χ1) is 8.53. The second-order valence-corrected chi connectivity index (χ2v) is 6.85. The second kappa shape index (κ2) is 5.51. The molecule has 0 aromatic rings. The Hall–Kier alpha value is -0.710. The van der Waals surface area contributed by atoms with Gasteiger partial charge in [0.15, 0.2) is 5.17 Å². The molecule has 102 valence electrons. The van der Waals surface area contributed by atoms with E-state index in [1.54, 1.807) is 18.8 Å². The summed E-state index contributed by atoms with van der Waals surface area (Å²) < 4.78 is 0. The summed E-state index contributed by atoms with van der Waals surface area (Å²) in [6, 6.07) is 0.619. The lowest BCUT2D eigenvalue weighted by molar-refractivity contribution is -0.128. The Bertz CT molecular complexity index is 354. The van der Waals surface area contributed by atoms with Gasteiger partial charge in [-0.05, 0) is 32.6 Å². The number of thioether (sulfide) groups is 1. The lowest BCUT2D eigenvalue weighted by Gasteiger charge is -2.29. The summed E-state index contributed by atoms with van der Waals surface area (Å²) in [5, 5.41) is 7.24. The zero-order valence-electron chi connectivity index (χ0n) is 11.5. The molecule has 2 rings (SSSR count). The average Bonchev–Trinajstić information content (AvgIpc) is 2.82. The van der Waals surface area contributed by atoms with Gasteiger partial charge in [0.2, 0.25) is 5.91 Å². The van der Waals surface area contributed by atoms with Crippen LogP contribution in [0.4, 0.5) is 0 Å². The van der Waals surface area contributed by atoms with Crippen LogP contribution in [0.3, 0.4) is 0 Å². The van der Waals surface area contributed by atoms with Crippen LogP contribution in [0.1, 0.15) is 33.1 Å². The van der Waals surface area contributed by atoms with Crippen LogP contribution >= 0.6 is 11.8 Å². The molecule has 0 bridgehead atoms. The molecule has 2 aliphatic rings. The minimum absolute atomic E-state index is 0.0476. The SMILES string of the molecule is CNC(=O)C(C)(C)CN=C1NC2CCCC2CS1. The molecular weight excluding hydrogens is 246 g/mol. The summed E-state index contributed by atoms with van der Waals surface area (Å²) in [4.78, 5) is 16.3. The number of hydrogen-bond donors (Lipinski definition) is 2. The maximum atomic E-state index is 11.7. The predicted octanol–water partition coefficient (Wildman–Crippen LogP) is 1.62. The monoisotopic (exact) mass is 269 g/mol. The maximum Gasteiger partial charge on any atom is 0.227 e. The van der Waals surface area contributed by atoms with Gasteiger partial charge in [-0.3, -0.25) is 9.79 Å². The number of fused-ring (bicyclic) bond motifs is 1. The number of aliphatic imine (C=N–C) groups is 1. The summed E-state index contributed by atoms with van der Waals surface area (Å²) in [5.41, 5.74) is -0.434. The minimum atomic E-state index is -0.434. The highest BCUT2D eigenvalue weighted by molar-refractivity contribution is 8.13. The van der Waals surface area contributed by atoms with Gasteiger partial charge in [0.1, 0.15) is 0 Å². The van der Waals surface area contributed by atoms with Crippen molar-refractivity contribution in [3.05, 3.63) is 0 Å². The Morgan fingerprint density at radius 1 is 1.56 bits per heavy atom. The Kier molecular flexibility index (Phi) is 4.20. The van der Waals surface area contributed by atoms with Gasteiger partial charge in [0.25, 0.3) is 0 Å². The molecule has 18 heavy (non-hydrogen) atoms. The molecule has 2 N–H and O–H groups in total. The number of rotatable bonds is 3. The molecule has 0 radical (unpaired) electrons. The molecule has 2 atom stereocenters. The molecule has 1 heterocycles. The fourth-order valence-corrected chi connectivity index (χ4v) is 3.74. The van der Waals surface area contributed by atoms with Crippen molar-refractivity contribution >= 4 is 22.8 Å². The van der Waals surface area contributed by atoms with Crippen LogP contribution in [0, 0.1) is 11.3 Å². The normalized spacial score (nSPS) is 29.8. The van der Waals surface area contributed by atoms with E-state index in [9.17, 15) is 4.79 Å². The van der Waals surface area contributed by atoms with Crippen molar-refractivity contribution in [2.75, 3.05) is 19.3 Å². The molecule has 2 unspecified atom stereocenters. The molecule has 1 aliphatic carbocycles. The van der Waals surface area contributed by atoms with E-state index >= 15 is 0 Å². The van der Waals surface area contributed by atoms with E-state index in [0.717, 1.165) is 11.1 Å². The zero-order chi connectivity index (χ0) is 13.2. The van der Waals surface area contributed by atoms with E-state index in [1.807, 2.05) is 13.8 Å². The third-order valence-electron chi connectivity index (χ3n) is 3.86. The van der Waals surface area contributed by atoms with E-state index < -0.39 is 5.41 Å². The number of carbonyl (C=O) groups excluding carboxylic acids is 1. The van der Waals surface area contributed by atoms with Crippen LogP contribution in [0.15, 0.2) is 4.99 Å². The molecular formula is C13H23N3OS. The topological polar surface area (TPSA) is 53.5 Å². The summed E-state index contributed by atoms with van der Waals surface area (Å²) in [5.74, 6) is 2.05. The lowest BCUT2D eigenvalue weighted by Crippen LogP contribution is -2.42. The van der Waals surface area contributed by atoms with Crippen molar-refractivity contribution in [2.24, 2.45) is 16.3 Å². The van der Waals surface area contributed by atoms with Gasteiger partial charge in [-0.15, -0.1) is 0 Å². The molecule has 0 aromatic heterocycles. The Morgan fingerprint density at radius 2 is 2.33 bits per heavy atom. The summed E-state index contributed by atoms with van der Waals surface area (Å²) >= 11 is 1.81. The molecule has 4 nitrogen and oxygen atoms in total. The Morgan fingerprint density at radius 3 is 3.06 bits per heavy atom. The molecule has 1 aliphatic heterocycles. The lowest BCUT2D eigenvalue weighted by atomic mass is 9.93. The van der Waals surface area contributed by atoms with Crippen LogP contribution in [0.2, 0.25) is 0 Å². The van der Waals surface area contributed by atoms with Gasteiger partial charge >= 0.3 is 0 Å². The fourth-order valence-electron chi connectivity index (χ4n) is 2.58. The molecule has 0 aromatic carbocycles. The highest BCUT2D eigenvalue weighted by Gasteiger charge is 2.33. The first-order valence-electron chi connectivity index (χ1n) is 6.69. The molecule has 5 heteroatoms. The summed E-state index contributed by atoms with van der Waals surface area (Å²) in [7, 11) is 1.67. The second-order valence-electron chi connectivity index (χ2n) is 5.84. The molecule has 1 saturated heterocycles. The third-order valence-corrected chi connectivity index (χ3v) is 4.98. The van der Waals surface area contributed by atoms with Crippen LogP contribution < -0.4 is 10.6 Å². The van der Waals surface area contributed by atoms with E-state index in [1.165, 1.54) is 25.0 Å². The van der Waals surface area contributed by atoms with E-state index in [-0.39, 0.29) is 5.91 Å². The fraction of sp³-hybridized carbons (Fsp3) is 0.846. The number of amidine groups is 1. The van der Waals surface area contributed by atoms with Gasteiger partial charge in [-0.2, -0.15) is 0 Å². The van der Waals surface area contributed by atoms with E-state index in [2.05, 4.69) is 15.6 Å². The van der Waals surface area contributed by atoms with Crippen molar-refractivity contribution in [3.8, 4) is 0 Å². The number of nitrogens with one attached hydrogen (secondary N) is 2. The number of carbonyl (C=O) groups is 1. The Labute approximate surface area is 113 Å². The number of hydrogen-bond acceptors (Lipinski definition) is 3. The first kappa shape index (κ1) is 13.7. The molecule has 0 spiro atoms. The highest BCUT2D eigenvalue weighted by atomic mass is 32.2. The van der Waals surface area contributed by atoms with Gasteiger partial charge in [-0.1, -0.05) is 18.2 Å². The van der Waals surface area contributed by atoms with Gasteiger partial charge in [-0.25, -0.2) is 0 Å². The van der Waals surface area contributed by atoms with Crippen molar-refractivity contribution in [1.29, 1.82) is 0 Å². The third kappa shape index (κ3) is 2.99. The quantitative estimate of drug-likeness (QED) is 0.818. The van der Waals surface area contributed by atoms with Crippen molar-refractivity contribution in [2.45, 2.75) is 39.2 Å². The average molecular weight is 269 g/mol. The van der Waals surface area contributed by atoms with E-state index in [0.29, 0.717) is 12.6 Å². The van der Waals surface area contributed by atoms with Crippen molar-refractivity contribution in [3.63, 3.8) is 0 Å². The zero-order valence-corrected chi connectivity index (χ0v) is 12.3. The number of amides is 1. The largest absolute Gasteiger partial charge is 0.362 e. The van der Waals surface area contributed by atoms with Gasteiger partial charge in [0.05, 0.1) is 12.0 Å². The Balaban J connectivity index is 1.92. The van der Waals surface area contributed by atoms with Crippen LogP contribution in [-0.4, -0.2) is 36.5 Å². The van der Waals surface area contributed by atoms with E-state index in [4.69, 9.17) is 0 Å². The minimum Gasteiger partial charge on any atom is -0.362 e. The first-order valence-corrected chi connectivity index (χ1v) is 7.67. The van der Waals surface area contributed by atoms with Crippen molar-refractivity contribution < 1.29 is 4.79 Å². The van der Waals surface area contributed by atoms with Crippen LogP contribution in [0.25, 0.3) is 0 Å². The van der Waals surface area contributed by atoms with Crippen LogP contribution in [-0.2, 0) is 4.79 Å².